The Bertz CT molecular complexity index is 844. The van der Waals surface area contributed by atoms with E-state index in [1.807, 2.05) is 24.3 Å². The van der Waals surface area contributed by atoms with E-state index in [1.54, 1.807) is 12.2 Å². The van der Waals surface area contributed by atoms with Crippen molar-refractivity contribution in [3.63, 3.8) is 0 Å². The maximum atomic E-state index is 12.1. The maximum absolute atomic E-state index is 12.1. The summed E-state index contributed by atoms with van der Waals surface area (Å²) in [5, 5.41) is 11.7. The van der Waals surface area contributed by atoms with Gasteiger partial charge in [0.1, 0.15) is 6.61 Å². The fraction of sp³-hybridized carbons (Fsp3) is 0.238. The Morgan fingerprint density at radius 3 is 2.19 bits per heavy atom. The molecule has 4 rings (SSSR count). The molecule has 0 spiro atoms. The second-order valence-corrected chi connectivity index (χ2v) is 6.64. The fourth-order valence-electron chi connectivity index (χ4n) is 3.78. The molecule has 5 heteroatoms. The van der Waals surface area contributed by atoms with Gasteiger partial charge >= 0.3 is 12.1 Å². The van der Waals surface area contributed by atoms with E-state index in [-0.39, 0.29) is 18.6 Å². The largest absolute Gasteiger partial charge is 0.481 e. The summed E-state index contributed by atoms with van der Waals surface area (Å²) >= 11 is 0. The summed E-state index contributed by atoms with van der Waals surface area (Å²) < 4.78 is 5.47. The summed E-state index contributed by atoms with van der Waals surface area (Å²) in [6, 6.07) is 16.0. The van der Waals surface area contributed by atoms with Gasteiger partial charge in [0.05, 0.1) is 12.0 Å². The molecule has 2 N–H and O–H groups in total. The van der Waals surface area contributed by atoms with Gasteiger partial charge in [-0.25, -0.2) is 4.79 Å². The van der Waals surface area contributed by atoms with Gasteiger partial charge in [0, 0.05) is 5.92 Å². The van der Waals surface area contributed by atoms with Crippen LogP contribution in [0.5, 0.6) is 0 Å². The Labute approximate surface area is 151 Å². The number of nitrogens with one attached hydrogen (secondary N) is 1. The Morgan fingerprint density at radius 2 is 1.62 bits per heavy atom. The normalized spacial score (nSPS) is 20.5. The third-order valence-electron chi connectivity index (χ3n) is 5.05. The summed E-state index contributed by atoms with van der Waals surface area (Å²) in [6.07, 6.45) is 3.16. The molecule has 2 aliphatic carbocycles. The molecule has 2 aliphatic rings. The van der Waals surface area contributed by atoms with Crippen molar-refractivity contribution in [3.8, 4) is 11.1 Å². The van der Waals surface area contributed by atoms with Gasteiger partial charge in [-0.3, -0.25) is 4.79 Å². The summed E-state index contributed by atoms with van der Waals surface area (Å²) in [5.41, 5.74) is 4.68. The lowest BCUT2D eigenvalue weighted by atomic mass is 9.98. The van der Waals surface area contributed by atoms with Gasteiger partial charge in [-0.2, -0.15) is 0 Å². The number of alkyl carbamates (subject to hydrolysis) is 1. The zero-order valence-corrected chi connectivity index (χ0v) is 14.1. The number of carbonyl (C=O) groups is 2. The molecule has 1 amide bonds. The first-order valence-electron chi connectivity index (χ1n) is 8.66. The first-order chi connectivity index (χ1) is 12.6. The van der Waals surface area contributed by atoms with Crippen molar-refractivity contribution in [2.75, 3.05) is 6.61 Å². The lowest BCUT2D eigenvalue weighted by Crippen LogP contribution is -2.34. The SMILES string of the molecule is O=C(N[C@@H]1C=C[C@@H](C(=O)O)C1)OCC1c2ccccc2-c2ccccc21. The van der Waals surface area contributed by atoms with E-state index in [0.29, 0.717) is 6.42 Å². The van der Waals surface area contributed by atoms with Crippen LogP contribution in [-0.4, -0.2) is 29.8 Å². The van der Waals surface area contributed by atoms with E-state index >= 15 is 0 Å². The summed E-state index contributed by atoms with van der Waals surface area (Å²) in [6.45, 7) is 0.249. The molecule has 26 heavy (non-hydrogen) atoms. The van der Waals surface area contributed by atoms with Crippen molar-refractivity contribution in [3.05, 3.63) is 71.8 Å². The second kappa shape index (κ2) is 6.67. The standard InChI is InChI=1S/C21H19NO4/c23-20(24)13-9-10-14(11-13)22-21(25)26-12-19-17-7-3-1-5-15(17)16-6-2-4-8-18(16)19/h1-10,13-14,19H,11-12H2,(H,22,25)(H,23,24)/t13-,14-/m1/s1. The smallest absolute Gasteiger partial charge is 0.407 e. The molecule has 0 aliphatic heterocycles. The Morgan fingerprint density at radius 1 is 1.00 bits per heavy atom. The molecule has 5 nitrogen and oxygen atoms in total. The molecule has 0 aromatic heterocycles. The minimum Gasteiger partial charge on any atom is -0.481 e. The van der Waals surface area contributed by atoms with Crippen LogP contribution in [0.3, 0.4) is 0 Å². The molecule has 0 radical (unpaired) electrons. The molecular weight excluding hydrogens is 330 g/mol. The van der Waals surface area contributed by atoms with E-state index < -0.39 is 18.0 Å². The third kappa shape index (κ3) is 2.96. The van der Waals surface area contributed by atoms with E-state index in [0.717, 1.165) is 11.1 Å². The zero-order chi connectivity index (χ0) is 18.1. The van der Waals surface area contributed by atoms with Crippen LogP contribution in [0.4, 0.5) is 4.79 Å². The molecule has 2 aromatic carbocycles. The molecule has 2 aromatic rings. The molecule has 0 saturated heterocycles. The van der Waals surface area contributed by atoms with Crippen LogP contribution < -0.4 is 5.32 Å². The maximum Gasteiger partial charge on any atom is 0.407 e. The van der Waals surface area contributed by atoms with Crippen molar-refractivity contribution >= 4 is 12.1 Å². The van der Waals surface area contributed by atoms with Crippen LogP contribution in [-0.2, 0) is 9.53 Å². The molecule has 0 fully saturated rings. The highest BCUT2D eigenvalue weighted by molar-refractivity contribution is 5.79. The molecule has 0 saturated carbocycles. The average molecular weight is 349 g/mol. The van der Waals surface area contributed by atoms with Gasteiger partial charge in [0.25, 0.3) is 0 Å². The number of fused-ring (bicyclic) bond motifs is 3. The zero-order valence-electron chi connectivity index (χ0n) is 14.1. The molecule has 0 unspecified atom stereocenters. The Balaban J connectivity index is 1.41. The molecule has 0 heterocycles. The third-order valence-corrected chi connectivity index (χ3v) is 5.05. The molecule has 132 valence electrons. The van der Waals surface area contributed by atoms with Crippen LogP contribution in [0.2, 0.25) is 0 Å². The Kier molecular flexibility index (Phi) is 4.21. The van der Waals surface area contributed by atoms with Gasteiger partial charge in [-0.05, 0) is 28.7 Å². The second-order valence-electron chi connectivity index (χ2n) is 6.64. The number of aliphatic carboxylic acids is 1. The average Bonchev–Trinajstić information content (AvgIpc) is 3.23. The van der Waals surface area contributed by atoms with Gasteiger partial charge < -0.3 is 15.2 Å². The topological polar surface area (TPSA) is 75.6 Å². The Hall–Kier alpha value is -3.08. The quantitative estimate of drug-likeness (QED) is 0.828. The lowest BCUT2D eigenvalue weighted by Gasteiger charge is -2.16. The summed E-state index contributed by atoms with van der Waals surface area (Å²) in [7, 11) is 0. The number of benzene rings is 2. The minimum atomic E-state index is -0.877. The number of amides is 1. The van der Waals surface area contributed by atoms with Gasteiger partial charge in [-0.15, -0.1) is 0 Å². The van der Waals surface area contributed by atoms with Crippen molar-refractivity contribution in [2.24, 2.45) is 5.92 Å². The number of rotatable bonds is 4. The lowest BCUT2D eigenvalue weighted by molar-refractivity contribution is -0.140. The minimum absolute atomic E-state index is 0.0130. The van der Waals surface area contributed by atoms with E-state index in [1.165, 1.54) is 11.1 Å². The highest BCUT2D eigenvalue weighted by Crippen LogP contribution is 2.44. The number of carbonyl (C=O) groups excluding carboxylic acids is 1. The predicted octanol–water partition coefficient (Wildman–Crippen LogP) is 3.55. The van der Waals surface area contributed by atoms with Crippen LogP contribution in [0.25, 0.3) is 11.1 Å². The van der Waals surface area contributed by atoms with Crippen LogP contribution in [0.1, 0.15) is 23.5 Å². The number of hydrogen-bond donors (Lipinski definition) is 2. The summed E-state index contributed by atoms with van der Waals surface area (Å²) in [5.74, 6) is -1.41. The van der Waals surface area contributed by atoms with Crippen molar-refractivity contribution in [2.45, 2.75) is 18.4 Å². The number of ether oxygens (including phenoxy) is 1. The number of carboxylic acid groups (broad SMARTS) is 1. The number of carboxylic acids is 1. The van der Waals surface area contributed by atoms with E-state index in [2.05, 4.69) is 29.6 Å². The monoisotopic (exact) mass is 349 g/mol. The van der Waals surface area contributed by atoms with Gasteiger partial charge in [0.2, 0.25) is 0 Å². The molecular formula is C21H19NO4. The van der Waals surface area contributed by atoms with Crippen molar-refractivity contribution < 1.29 is 19.4 Å². The molecule has 2 atom stereocenters. The fourth-order valence-corrected chi connectivity index (χ4v) is 3.78. The first kappa shape index (κ1) is 16.4. The molecule has 0 bridgehead atoms. The predicted molar refractivity (Wildman–Crippen MR) is 96.9 cm³/mol. The van der Waals surface area contributed by atoms with Crippen LogP contribution >= 0.6 is 0 Å². The van der Waals surface area contributed by atoms with Crippen LogP contribution in [0, 0.1) is 5.92 Å². The summed E-state index contributed by atoms with van der Waals surface area (Å²) in [4.78, 5) is 23.1. The van der Waals surface area contributed by atoms with Gasteiger partial charge in [-0.1, -0.05) is 60.7 Å². The van der Waals surface area contributed by atoms with E-state index in [4.69, 9.17) is 9.84 Å². The highest BCUT2D eigenvalue weighted by Gasteiger charge is 2.30. The van der Waals surface area contributed by atoms with E-state index in [9.17, 15) is 9.59 Å². The highest BCUT2D eigenvalue weighted by atomic mass is 16.5. The number of hydrogen-bond acceptors (Lipinski definition) is 3. The van der Waals surface area contributed by atoms with Crippen molar-refractivity contribution in [1.29, 1.82) is 0 Å². The van der Waals surface area contributed by atoms with Crippen LogP contribution in [0.15, 0.2) is 60.7 Å². The van der Waals surface area contributed by atoms with Gasteiger partial charge in [0.15, 0.2) is 0 Å². The van der Waals surface area contributed by atoms with Crippen molar-refractivity contribution in [1.82, 2.24) is 5.32 Å². The first-order valence-corrected chi connectivity index (χ1v) is 8.66.